The zero-order valence-corrected chi connectivity index (χ0v) is 10.9. The van der Waals surface area contributed by atoms with Gasteiger partial charge < -0.3 is 0 Å². The minimum atomic E-state index is 0.638. The third-order valence-corrected chi connectivity index (χ3v) is 4.52. The smallest absolute Gasteiger partial charge is 0.0635 e. The third-order valence-electron chi connectivity index (χ3n) is 2.61. The minimum Gasteiger partial charge on any atom is -0.294 e. The van der Waals surface area contributed by atoms with Crippen LogP contribution < -0.4 is 0 Å². The van der Waals surface area contributed by atoms with Gasteiger partial charge in [0.15, 0.2) is 0 Å². The van der Waals surface area contributed by atoms with Crippen molar-refractivity contribution in [2.24, 2.45) is 0 Å². The molecule has 0 amide bonds. The van der Waals surface area contributed by atoms with Crippen molar-refractivity contribution in [3.8, 4) is 6.07 Å². The highest BCUT2D eigenvalue weighted by atomic mass is 79.9. The Hall–Kier alpha value is -0.370. The van der Waals surface area contributed by atoms with Gasteiger partial charge in [0, 0.05) is 34.9 Å². The van der Waals surface area contributed by atoms with Crippen molar-refractivity contribution in [1.29, 1.82) is 5.26 Å². The molecular weight excluding hydrogens is 272 g/mol. The van der Waals surface area contributed by atoms with Crippen molar-refractivity contribution in [3.05, 3.63) is 20.8 Å². The van der Waals surface area contributed by atoms with Gasteiger partial charge in [0.25, 0.3) is 0 Å². The molecule has 0 bridgehead atoms. The van der Waals surface area contributed by atoms with Gasteiger partial charge in [0.2, 0.25) is 0 Å². The van der Waals surface area contributed by atoms with Gasteiger partial charge in [0.05, 0.1) is 6.07 Å². The summed E-state index contributed by atoms with van der Waals surface area (Å²) in [5, 5.41) is 10.7. The van der Waals surface area contributed by atoms with Crippen LogP contribution in [-0.4, -0.2) is 17.5 Å². The largest absolute Gasteiger partial charge is 0.294 e. The molecule has 2 nitrogen and oxygen atoms in total. The van der Waals surface area contributed by atoms with Gasteiger partial charge in [-0.2, -0.15) is 5.26 Å². The maximum Gasteiger partial charge on any atom is 0.0635 e. The first-order valence-corrected chi connectivity index (χ1v) is 6.81. The molecule has 1 aliphatic rings. The van der Waals surface area contributed by atoms with E-state index >= 15 is 0 Å². The van der Waals surface area contributed by atoms with Crippen LogP contribution in [0.4, 0.5) is 0 Å². The highest BCUT2D eigenvalue weighted by Gasteiger charge is 2.28. The van der Waals surface area contributed by atoms with Crippen molar-refractivity contribution in [2.75, 3.05) is 6.54 Å². The predicted molar refractivity (Wildman–Crippen MR) is 65.7 cm³/mol. The van der Waals surface area contributed by atoms with E-state index in [-0.39, 0.29) is 0 Å². The number of thiophene rings is 1. The maximum absolute atomic E-state index is 8.61. The fourth-order valence-electron chi connectivity index (χ4n) is 1.65. The molecule has 4 heteroatoms. The average molecular weight is 285 g/mol. The summed E-state index contributed by atoms with van der Waals surface area (Å²) in [5.74, 6) is 0. The van der Waals surface area contributed by atoms with E-state index in [1.54, 1.807) is 11.3 Å². The van der Waals surface area contributed by atoms with Crippen LogP contribution in [0.1, 0.15) is 24.1 Å². The lowest BCUT2D eigenvalue weighted by Gasteiger charge is -2.19. The highest BCUT2D eigenvalue weighted by molar-refractivity contribution is 9.10. The molecule has 0 N–H and O–H groups in total. The molecule has 0 spiro atoms. The number of nitrogens with zero attached hydrogens (tertiary/aromatic N) is 2. The van der Waals surface area contributed by atoms with Gasteiger partial charge in [0.1, 0.15) is 0 Å². The van der Waals surface area contributed by atoms with Gasteiger partial charge in [-0.05, 0) is 40.2 Å². The van der Waals surface area contributed by atoms with E-state index in [0.29, 0.717) is 6.42 Å². The Balaban J connectivity index is 1.94. The summed E-state index contributed by atoms with van der Waals surface area (Å²) in [7, 11) is 0. The fraction of sp³-hybridized carbons (Fsp3) is 0.545. The second kappa shape index (κ2) is 5.11. The van der Waals surface area contributed by atoms with E-state index in [4.69, 9.17) is 5.26 Å². The van der Waals surface area contributed by atoms with Gasteiger partial charge >= 0.3 is 0 Å². The summed E-state index contributed by atoms with van der Waals surface area (Å²) in [6.45, 7) is 1.90. The first-order valence-electron chi connectivity index (χ1n) is 5.14. The van der Waals surface area contributed by atoms with Crippen LogP contribution in [-0.2, 0) is 6.54 Å². The molecule has 0 unspecified atom stereocenters. The second-order valence-electron chi connectivity index (χ2n) is 3.80. The molecule has 15 heavy (non-hydrogen) atoms. The van der Waals surface area contributed by atoms with Gasteiger partial charge in [-0.15, -0.1) is 11.3 Å². The van der Waals surface area contributed by atoms with E-state index in [9.17, 15) is 0 Å². The number of hydrogen-bond acceptors (Lipinski definition) is 3. The summed E-state index contributed by atoms with van der Waals surface area (Å²) in [6.07, 6.45) is 3.24. The van der Waals surface area contributed by atoms with E-state index in [0.717, 1.165) is 19.1 Å². The summed E-state index contributed by atoms with van der Waals surface area (Å²) in [4.78, 5) is 3.81. The fourth-order valence-corrected chi connectivity index (χ4v) is 3.15. The zero-order valence-electron chi connectivity index (χ0n) is 8.45. The minimum absolute atomic E-state index is 0.638. The normalized spacial score (nSPS) is 15.5. The molecule has 1 aromatic rings. The first-order chi connectivity index (χ1) is 7.31. The molecule has 1 aromatic heterocycles. The molecule has 0 atom stereocenters. The van der Waals surface area contributed by atoms with E-state index in [1.807, 2.05) is 0 Å². The standard InChI is InChI=1S/C11H13BrN2S/c12-10-4-7-15-11(10)8-14(6-1-5-13)9-2-3-9/h4,7,9H,1-3,6,8H2. The quantitative estimate of drug-likeness (QED) is 0.829. The van der Waals surface area contributed by atoms with E-state index < -0.39 is 0 Å². The summed E-state index contributed by atoms with van der Waals surface area (Å²) >= 11 is 5.34. The van der Waals surface area contributed by atoms with Crippen molar-refractivity contribution in [1.82, 2.24) is 4.90 Å². The highest BCUT2D eigenvalue weighted by Crippen LogP contribution is 2.31. The number of hydrogen-bond donors (Lipinski definition) is 0. The lowest BCUT2D eigenvalue weighted by Crippen LogP contribution is -2.26. The predicted octanol–water partition coefficient (Wildman–Crippen LogP) is 3.39. The molecule has 80 valence electrons. The van der Waals surface area contributed by atoms with Crippen molar-refractivity contribution >= 4 is 27.3 Å². The molecule has 0 aliphatic heterocycles. The Kier molecular flexibility index (Phi) is 3.79. The summed E-state index contributed by atoms with van der Waals surface area (Å²) in [6, 6.07) is 5.05. The monoisotopic (exact) mass is 284 g/mol. The van der Waals surface area contributed by atoms with Gasteiger partial charge in [-0.3, -0.25) is 4.90 Å². The molecule has 1 heterocycles. The zero-order chi connectivity index (χ0) is 10.7. The van der Waals surface area contributed by atoms with Crippen molar-refractivity contribution in [3.63, 3.8) is 0 Å². The first kappa shape index (κ1) is 11.1. The van der Waals surface area contributed by atoms with Crippen LogP contribution in [0.3, 0.4) is 0 Å². The molecule has 0 aromatic carbocycles. The number of rotatable bonds is 5. The molecule has 2 rings (SSSR count). The SMILES string of the molecule is N#CCCN(Cc1sccc1Br)C1CC1. The summed E-state index contributed by atoms with van der Waals surface area (Å²) in [5.41, 5.74) is 0. The molecule has 1 saturated carbocycles. The molecule has 1 fully saturated rings. The van der Waals surface area contributed by atoms with Crippen molar-refractivity contribution in [2.45, 2.75) is 31.8 Å². The maximum atomic E-state index is 8.61. The Morgan fingerprint density at radius 3 is 2.93 bits per heavy atom. The Labute approximate surface area is 103 Å². The van der Waals surface area contributed by atoms with E-state index in [2.05, 4.69) is 38.3 Å². The Morgan fingerprint density at radius 2 is 2.40 bits per heavy atom. The van der Waals surface area contributed by atoms with Crippen molar-refractivity contribution < 1.29 is 0 Å². The lowest BCUT2D eigenvalue weighted by molar-refractivity contribution is 0.263. The van der Waals surface area contributed by atoms with Gasteiger partial charge in [-0.1, -0.05) is 0 Å². The van der Waals surface area contributed by atoms with Crippen LogP contribution in [0.2, 0.25) is 0 Å². The van der Waals surface area contributed by atoms with Crippen LogP contribution in [0, 0.1) is 11.3 Å². The number of nitriles is 1. The third kappa shape index (κ3) is 3.04. The second-order valence-corrected chi connectivity index (χ2v) is 5.66. The Bertz CT molecular complexity index is 365. The van der Waals surface area contributed by atoms with Crippen LogP contribution in [0.25, 0.3) is 0 Å². The topological polar surface area (TPSA) is 27.0 Å². The van der Waals surface area contributed by atoms with Gasteiger partial charge in [-0.25, -0.2) is 0 Å². The van der Waals surface area contributed by atoms with Crippen LogP contribution in [0.15, 0.2) is 15.9 Å². The molecule has 1 aliphatic carbocycles. The molecule has 0 radical (unpaired) electrons. The molecular formula is C11H13BrN2S. The van der Waals surface area contributed by atoms with Crippen LogP contribution >= 0.6 is 27.3 Å². The lowest BCUT2D eigenvalue weighted by atomic mass is 10.3. The molecule has 0 saturated heterocycles. The van der Waals surface area contributed by atoms with Crippen LogP contribution in [0.5, 0.6) is 0 Å². The Morgan fingerprint density at radius 1 is 1.60 bits per heavy atom. The number of halogens is 1. The summed E-state index contributed by atoms with van der Waals surface area (Å²) < 4.78 is 1.20. The van der Waals surface area contributed by atoms with E-state index in [1.165, 1.54) is 22.2 Å². The average Bonchev–Trinajstić information content (AvgIpc) is 2.99.